The molecule has 1 aliphatic heterocycles. The van der Waals surface area contributed by atoms with Gasteiger partial charge < -0.3 is 15.3 Å². The molecule has 106 valence electrons. The molecular formula is C14H22IN3O. The van der Waals surface area contributed by atoms with Gasteiger partial charge in [0.2, 0.25) is 0 Å². The molecule has 0 aromatic heterocycles. The third kappa shape index (κ3) is 4.89. The Bertz CT molecular complexity index is 400. The fourth-order valence-electron chi connectivity index (χ4n) is 2.12. The number of guanidine groups is 1. The number of halogens is 1. The van der Waals surface area contributed by atoms with Crippen molar-refractivity contribution in [2.45, 2.75) is 26.3 Å². The smallest absolute Gasteiger partial charge is 0.194 e. The average Bonchev–Trinajstić information content (AvgIpc) is 2.90. The van der Waals surface area contributed by atoms with E-state index in [1.54, 1.807) is 12.1 Å². The van der Waals surface area contributed by atoms with Gasteiger partial charge in [-0.2, -0.15) is 0 Å². The number of rotatable bonds is 3. The van der Waals surface area contributed by atoms with Gasteiger partial charge in [-0.15, -0.1) is 24.0 Å². The molecule has 0 amide bonds. The largest absolute Gasteiger partial charge is 0.508 e. The molecule has 2 rings (SSSR count). The number of phenols is 1. The van der Waals surface area contributed by atoms with Crippen LogP contribution in [0.2, 0.25) is 0 Å². The number of nitrogens with one attached hydrogen (secondary N) is 1. The fourth-order valence-corrected chi connectivity index (χ4v) is 2.12. The maximum atomic E-state index is 9.23. The van der Waals surface area contributed by atoms with Crippen molar-refractivity contribution in [3.63, 3.8) is 0 Å². The van der Waals surface area contributed by atoms with Crippen LogP contribution >= 0.6 is 24.0 Å². The molecule has 1 heterocycles. The zero-order valence-electron chi connectivity index (χ0n) is 11.3. The highest BCUT2D eigenvalue weighted by Gasteiger charge is 2.15. The van der Waals surface area contributed by atoms with Crippen molar-refractivity contribution in [1.29, 1.82) is 0 Å². The number of hydrogen-bond acceptors (Lipinski definition) is 2. The van der Waals surface area contributed by atoms with Crippen molar-refractivity contribution >= 4 is 29.9 Å². The normalized spacial score (nSPS) is 15.2. The number of likely N-dealkylation sites (tertiary alicyclic amines) is 1. The summed E-state index contributed by atoms with van der Waals surface area (Å²) in [6.07, 6.45) is 2.51. The van der Waals surface area contributed by atoms with Crippen molar-refractivity contribution in [1.82, 2.24) is 10.2 Å². The molecule has 0 saturated carbocycles. The van der Waals surface area contributed by atoms with Crippen LogP contribution in [0, 0.1) is 0 Å². The Hall–Kier alpha value is -0.980. The summed E-state index contributed by atoms with van der Waals surface area (Å²) in [5.74, 6) is 1.30. The van der Waals surface area contributed by atoms with Crippen molar-refractivity contribution in [3.8, 4) is 5.75 Å². The van der Waals surface area contributed by atoms with E-state index in [9.17, 15) is 5.11 Å². The Morgan fingerprint density at radius 1 is 1.26 bits per heavy atom. The zero-order valence-corrected chi connectivity index (χ0v) is 13.6. The minimum atomic E-state index is 0. The summed E-state index contributed by atoms with van der Waals surface area (Å²) in [4.78, 5) is 6.95. The Kier molecular flexibility index (Phi) is 6.97. The minimum absolute atomic E-state index is 0. The lowest BCUT2D eigenvalue weighted by Gasteiger charge is -2.20. The molecule has 1 aromatic carbocycles. The summed E-state index contributed by atoms with van der Waals surface area (Å²) < 4.78 is 0. The lowest BCUT2D eigenvalue weighted by Crippen LogP contribution is -2.39. The van der Waals surface area contributed by atoms with Crippen LogP contribution in [-0.4, -0.2) is 35.6 Å². The number of benzene rings is 1. The summed E-state index contributed by atoms with van der Waals surface area (Å²) in [6, 6.07) is 7.22. The molecule has 0 unspecified atom stereocenters. The molecule has 4 nitrogen and oxygen atoms in total. The van der Waals surface area contributed by atoms with Crippen LogP contribution in [-0.2, 0) is 6.54 Å². The van der Waals surface area contributed by atoms with Gasteiger partial charge in [0.15, 0.2) is 5.96 Å². The lowest BCUT2D eigenvalue weighted by atomic mass is 10.2. The second-order valence-electron chi connectivity index (χ2n) is 4.53. The van der Waals surface area contributed by atoms with E-state index in [2.05, 4.69) is 22.1 Å². The summed E-state index contributed by atoms with van der Waals surface area (Å²) in [5, 5.41) is 12.6. The third-order valence-corrected chi connectivity index (χ3v) is 3.09. The van der Waals surface area contributed by atoms with Crippen molar-refractivity contribution < 1.29 is 5.11 Å². The van der Waals surface area contributed by atoms with E-state index in [0.29, 0.717) is 12.3 Å². The summed E-state index contributed by atoms with van der Waals surface area (Å²) in [7, 11) is 0. The summed E-state index contributed by atoms with van der Waals surface area (Å²) in [6.45, 7) is 5.83. The van der Waals surface area contributed by atoms with Gasteiger partial charge in [-0.3, -0.25) is 0 Å². The predicted octanol–water partition coefficient (Wildman–Crippen LogP) is 2.57. The number of nitrogens with zero attached hydrogens (tertiary/aromatic N) is 2. The van der Waals surface area contributed by atoms with Gasteiger partial charge in [-0.25, -0.2) is 4.99 Å². The van der Waals surface area contributed by atoms with Crippen LogP contribution in [0.4, 0.5) is 0 Å². The highest BCUT2D eigenvalue weighted by atomic mass is 127. The van der Waals surface area contributed by atoms with Crippen LogP contribution < -0.4 is 5.32 Å². The molecular weight excluding hydrogens is 353 g/mol. The molecule has 2 N–H and O–H groups in total. The van der Waals surface area contributed by atoms with E-state index in [1.807, 2.05) is 12.1 Å². The highest BCUT2D eigenvalue weighted by Crippen LogP contribution is 2.11. The first-order chi connectivity index (χ1) is 8.79. The summed E-state index contributed by atoms with van der Waals surface area (Å²) in [5.41, 5.74) is 1.11. The van der Waals surface area contributed by atoms with Crippen molar-refractivity contribution in [2.24, 2.45) is 4.99 Å². The van der Waals surface area contributed by atoms with Crippen LogP contribution in [0.25, 0.3) is 0 Å². The standard InChI is InChI=1S/C14H21N3O.HI/c1-2-15-14(17-9-3-4-10-17)16-11-12-5-7-13(18)8-6-12;/h5-8,18H,2-4,9-11H2,1H3,(H,15,16);1H. The van der Waals surface area contributed by atoms with Gasteiger partial charge >= 0.3 is 0 Å². The first-order valence-corrected chi connectivity index (χ1v) is 6.61. The Morgan fingerprint density at radius 3 is 2.47 bits per heavy atom. The van der Waals surface area contributed by atoms with E-state index < -0.39 is 0 Å². The second kappa shape index (κ2) is 8.24. The van der Waals surface area contributed by atoms with Crippen molar-refractivity contribution in [2.75, 3.05) is 19.6 Å². The first-order valence-electron chi connectivity index (χ1n) is 6.61. The van der Waals surface area contributed by atoms with E-state index >= 15 is 0 Å². The van der Waals surface area contributed by atoms with Crippen LogP contribution in [0.5, 0.6) is 5.75 Å². The predicted molar refractivity (Wildman–Crippen MR) is 89.1 cm³/mol. The summed E-state index contributed by atoms with van der Waals surface area (Å²) >= 11 is 0. The molecule has 0 atom stereocenters. The topological polar surface area (TPSA) is 47.9 Å². The third-order valence-electron chi connectivity index (χ3n) is 3.09. The molecule has 1 fully saturated rings. The number of hydrogen-bond donors (Lipinski definition) is 2. The molecule has 5 heteroatoms. The molecule has 1 aliphatic rings. The molecule has 0 bridgehead atoms. The quantitative estimate of drug-likeness (QED) is 0.485. The Labute approximate surface area is 131 Å². The van der Waals surface area contributed by atoms with E-state index in [0.717, 1.165) is 31.2 Å². The van der Waals surface area contributed by atoms with E-state index in [1.165, 1.54) is 12.8 Å². The number of aromatic hydroxyl groups is 1. The van der Waals surface area contributed by atoms with Gasteiger partial charge in [-0.05, 0) is 37.5 Å². The monoisotopic (exact) mass is 375 g/mol. The average molecular weight is 375 g/mol. The van der Waals surface area contributed by atoms with E-state index in [-0.39, 0.29) is 24.0 Å². The zero-order chi connectivity index (χ0) is 12.8. The van der Waals surface area contributed by atoms with Crippen LogP contribution in [0.1, 0.15) is 25.3 Å². The number of phenolic OH excluding ortho intramolecular Hbond substituents is 1. The van der Waals surface area contributed by atoms with Gasteiger partial charge in [-0.1, -0.05) is 12.1 Å². The SMILES string of the molecule is CCNC(=NCc1ccc(O)cc1)N1CCCC1.I. The highest BCUT2D eigenvalue weighted by molar-refractivity contribution is 14.0. The Balaban J connectivity index is 0.00000180. The molecule has 0 spiro atoms. The molecule has 0 aliphatic carbocycles. The Morgan fingerprint density at radius 2 is 1.89 bits per heavy atom. The molecule has 1 aromatic rings. The fraction of sp³-hybridized carbons (Fsp3) is 0.500. The van der Waals surface area contributed by atoms with Gasteiger partial charge in [0.25, 0.3) is 0 Å². The van der Waals surface area contributed by atoms with Crippen LogP contribution in [0.15, 0.2) is 29.3 Å². The van der Waals surface area contributed by atoms with Crippen LogP contribution in [0.3, 0.4) is 0 Å². The molecule has 1 saturated heterocycles. The van der Waals surface area contributed by atoms with Gasteiger partial charge in [0.1, 0.15) is 5.75 Å². The van der Waals surface area contributed by atoms with Gasteiger partial charge in [0, 0.05) is 19.6 Å². The van der Waals surface area contributed by atoms with Crippen molar-refractivity contribution in [3.05, 3.63) is 29.8 Å². The molecule has 0 radical (unpaired) electrons. The number of aliphatic imine (C=N–C) groups is 1. The maximum Gasteiger partial charge on any atom is 0.194 e. The maximum absolute atomic E-state index is 9.23. The van der Waals surface area contributed by atoms with E-state index in [4.69, 9.17) is 0 Å². The second-order valence-corrected chi connectivity index (χ2v) is 4.53. The minimum Gasteiger partial charge on any atom is -0.508 e. The first kappa shape index (κ1) is 16.1. The van der Waals surface area contributed by atoms with Gasteiger partial charge in [0.05, 0.1) is 6.54 Å². The lowest BCUT2D eigenvalue weighted by molar-refractivity contribution is 0.475. The molecule has 19 heavy (non-hydrogen) atoms.